The van der Waals surface area contributed by atoms with E-state index in [1.807, 2.05) is 6.07 Å². The molecule has 0 N–H and O–H groups in total. The van der Waals surface area contributed by atoms with Crippen LogP contribution in [-0.2, 0) is 20.9 Å². The van der Waals surface area contributed by atoms with Crippen molar-refractivity contribution in [2.45, 2.75) is 44.2 Å². The number of carbonyl (C=O) groups is 2. The molecule has 0 aromatic carbocycles. The fourth-order valence-corrected chi connectivity index (χ4v) is 3.89. The van der Waals surface area contributed by atoms with Gasteiger partial charge in [0, 0.05) is 13.2 Å². The summed E-state index contributed by atoms with van der Waals surface area (Å²) in [5, 5.41) is 3.91. The number of pyridine rings is 1. The Kier molecular flexibility index (Phi) is 4.18. The van der Waals surface area contributed by atoms with Gasteiger partial charge in [-0.1, -0.05) is 11.2 Å². The average Bonchev–Trinajstić information content (AvgIpc) is 3.37. The molecule has 26 heavy (non-hydrogen) atoms. The smallest absolute Gasteiger partial charge is 0.307 e. The Morgan fingerprint density at radius 1 is 1.35 bits per heavy atom. The van der Waals surface area contributed by atoms with Gasteiger partial charge >= 0.3 is 5.97 Å². The molecule has 0 radical (unpaired) electrons. The summed E-state index contributed by atoms with van der Waals surface area (Å²) in [4.78, 5) is 34.8. The zero-order valence-corrected chi connectivity index (χ0v) is 14.6. The third-order valence-electron chi connectivity index (χ3n) is 5.18. The van der Waals surface area contributed by atoms with Crippen LogP contribution in [0.5, 0.6) is 0 Å². The third kappa shape index (κ3) is 2.95. The standard InChI is InChI=1S/C18H20N4O4/c1-22(11-14-20-16(21-26-14)13-6-2-5-9-19-13)17(24)12-10-15(23)25-18(12)7-3-4-8-18/h2,5-6,9,12H,3-4,7-8,10-11H2,1H3. The molecule has 1 atom stereocenters. The molecule has 136 valence electrons. The maximum absolute atomic E-state index is 12.9. The number of rotatable bonds is 4. The number of esters is 1. The van der Waals surface area contributed by atoms with Crippen molar-refractivity contribution < 1.29 is 18.8 Å². The van der Waals surface area contributed by atoms with Crippen molar-refractivity contribution in [3.05, 3.63) is 30.3 Å². The Bertz CT molecular complexity index is 814. The van der Waals surface area contributed by atoms with Crippen molar-refractivity contribution in [1.82, 2.24) is 20.0 Å². The first kappa shape index (κ1) is 16.7. The highest BCUT2D eigenvalue weighted by Crippen LogP contribution is 2.46. The molecule has 0 bridgehead atoms. The van der Waals surface area contributed by atoms with E-state index in [0.29, 0.717) is 17.4 Å². The Labute approximate surface area is 150 Å². The lowest BCUT2D eigenvalue weighted by molar-refractivity contribution is -0.151. The monoisotopic (exact) mass is 356 g/mol. The van der Waals surface area contributed by atoms with Crippen LogP contribution in [0, 0.1) is 5.92 Å². The molecule has 2 fully saturated rings. The Morgan fingerprint density at radius 3 is 2.88 bits per heavy atom. The number of hydrogen-bond acceptors (Lipinski definition) is 7. The first-order chi connectivity index (χ1) is 12.6. The van der Waals surface area contributed by atoms with Crippen molar-refractivity contribution in [3.8, 4) is 11.5 Å². The average molecular weight is 356 g/mol. The molecule has 1 amide bonds. The Hall–Kier alpha value is -2.77. The fraction of sp³-hybridized carbons (Fsp3) is 0.500. The summed E-state index contributed by atoms with van der Waals surface area (Å²) in [7, 11) is 1.68. The summed E-state index contributed by atoms with van der Waals surface area (Å²) >= 11 is 0. The first-order valence-corrected chi connectivity index (χ1v) is 8.78. The molecule has 1 saturated carbocycles. The number of hydrogen-bond donors (Lipinski definition) is 0. The van der Waals surface area contributed by atoms with Crippen molar-refractivity contribution in [2.75, 3.05) is 7.05 Å². The fourth-order valence-electron chi connectivity index (χ4n) is 3.89. The second-order valence-corrected chi connectivity index (χ2v) is 6.92. The molecule has 4 rings (SSSR count). The van der Waals surface area contributed by atoms with Gasteiger partial charge in [-0.25, -0.2) is 0 Å². The zero-order chi connectivity index (χ0) is 18.1. The van der Waals surface area contributed by atoms with E-state index < -0.39 is 11.5 Å². The predicted octanol–water partition coefficient (Wildman–Crippen LogP) is 1.97. The van der Waals surface area contributed by atoms with Crippen LogP contribution in [-0.4, -0.2) is 44.5 Å². The van der Waals surface area contributed by atoms with Crippen LogP contribution in [0.1, 0.15) is 38.0 Å². The molecular weight excluding hydrogens is 336 g/mol. The molecule has 8 heteroatoms. The minimum Gasteiger partial charge on any atom is -0.458 e. The Balaban J connectivity index is 1.46. The number of amides is 1. The highest BCUT2D eigenvalue weighted by molar-refractivity contribution is 5.87. The van der Waals surface area contributed by atoms with Crippen LogP contribution in [0.4, 0.5) is 0 Å². The minimum atomic E-state index is -0.615. The van der Waals surface area contributed by atoms with Gasteiger partial charge in [-0.3, -0.25) is 14.6 Å². The molecule has 2 aromatic heterocycles. The van der Waals surface area contributed by atoms with Crippen LogP contribution in [0.25, 0.3) is 11.5 Å². The summed E-state index contributed by atoms with van der Waals surface area (Å²) in [5.74, 6) is -0.120. The van der Waals surface area contributed by atoms with Crippen LogP contribution >= 0.6 is 0 Å². The molecule has 3 heterocycles. The van der Waals surface area contributed by atoms with E-state index >= 15 is 0 Å². The molecule has 1 aliphatic heterocycles. The lowest BCUT2D eigenvalue weighted by Crippen LogP contribution is -2.43. The van der Waals surface area contributed by atoms with Gasteiger partial charge in [0.05, 0.1) is 18.9 Å². The van der Waals surface area contributed by atoms with Gasteiger partial charge in [0.2, 0.25) is 17.6 Å². The van der Waals surface area contributed by atoms with E-state index in [9.17, 15) is 9.59 Å². The van der Waals surface area contributed by atoms with Gasteiger partial charge in [-0.05, 0) is 37.8 Å². The third-order valence-corrected chi connectivity index (χ3v) is 5.18. The Morgan fingerprint density at radius 2 is 2.15 bits per heavy atom. The second-order valence-electron chi connectivity index (χ2n) is 6.92. The summed E-state index contributed by atoms with van der Waals surface area (Å²) in [6.07, 6.45) is 5.28. The highest BCUT2D eigenvalue weighted by Gasteiger charge is 2.54. The molecule has 2 aliphatic rings. The molecule has 1 saturated heterocycles. The molecular formula is C18H20N4O4. The van der Waals surface area contributed by atoms with Crippen LogP contribution in [0.3, 0.4) is 0 Å². The van der Waals surface area contributed by atoms with Gasteiger partial charge in [-0.15, -0.1) is 0 Å². The highest BCUT2D eigenvalue weighted by atomic mass is 16.6. The van der Waals surface area contributed by atoms with Gasteiger partial charge in [0.15, 0.2) is 0 Å². The van der Waals surface area contributed by atoms with Gasteiger partial charge in [0.1, 0.15) is 11.3 Å². The topological polar surface area (TPSA) is 98.4 Å². The minimum absolute atomic E-state index is 0.115. The summed E-state index contributed by atoms with van der Waals surface area (Å²) in [6, 6.07) is 5.43. The van der Waals surface area contributed by atoms with E-state index in [2.05, 4.69) is 15.1 Å². The van der Waals surface area contributed by atoms with Crippen molar-refractivity contribution in [2.24, 2.45) is 5.92 Å². The molecule has 1 spiro atoms. The van der Waals surface area contributed by atoms with Crippen LogP contribution < -0.4 is 0 Å². The van der Waals surface area contributed by atoms with Crippen molar-refractivity contribution >= 4 is 11.9 Å². The van der Waals surface area contributed by atoms with E-state index in [1.54, 1.807) is 25.4 Å². The van der Waals surface area contributed by atoms with Crippen LogP contribution in [0.15, 0.2) is 28.9 Å². The molecule has 1 unspecified atom stereocenters. The normalized spacial score (nSPS) is 21.1. The van der Waals surface area contributed by atoms with Crippen molar-refractivity contribution in [1.29, 1.82) is 0 Å². The summed E-state index contributed by atoms with van der Waals surface area (Å²) < 4.78 is 10.8. The zero-order valence-electron chi connectivity index (χ0n) is 14.6. The number of aromatic nitrogens is 3. The maximum atomic E-state index is 12.9. The number of nitrogens with zero attached hydrogens (tertiary/aromatic N) is 4. The largest absolute Gasteiger partial charge is 0.458 e. The van der Waals surface area contributed by atoms with Crippen LogP contribution in [0.2, 0.25) is 0 Å². The van der Waals surface area contributed by atoms with Gasteiger partial charge in [0.25, 0.3) is 0 Å². The van der Waals surface area contributed by atoms with Crippen molar-refractivity contribution in [3.63, 3.8) is 0 Å². The SMILES string of the molecule is CN(Cc1nc(-c2ccccn2)no1)C(=O)C1CC(=O)OC12CCCC2. The summed E-state index contributed by atoms with van der Waals surface area (Å²) in [6.45, 7) is 0.180. The van der Waals surface area contributed by atoms with E-state index in [0.717, 1.165) is 25.7 Å². The van der Waals surface area contributed by atoms with Gasteiger partial charge in [-0.2, -0.15) is 4.98 Å². The van der Waals surface area contributed by atoms with E-state index in [1.165, 1.54) is 4.90 Å². The maximum Gasteiger partial charge on any atom is 0.307 e. The van der Waals surface area contributed by atoms with Gasteiger partial charge < -0.3 is 14.2 Å². The number of carbonyl (C=O) groups excluding carboxylic acids is 2. The molecule has 1 aliphatic carbocycles. The quantitative estimate of drug-likeness (QED) is 0.772. The number of ether oxygens (including phenoxy) is 1. The van der Waals surface area contributed by atoms with E-state index in [4.69, 9.17) is 9.26 Å². The summed E-state index contributed by atoms with van der Waals surface area (Å²) in [5.41, 5.74) is -0.00712. The predicted molar refractivity (Wildman–Crippen MR) is 89.4 cm³/mol. The molecule has 8 nitrogen and oxygen atoms in total. The first-order valence-electron chi connectivity index (χ1n) is 8.78. The second kappa shape index (κ2) is 6.51. The molecule has 2 aromatic rings. The van der Waals surface area contributed by atoms with E-state index in [-0.39, 0.29) is 24.8 Å². The lowest BCUT2D eigenvalue weighted by atomic mass is 9.84. The lowest BCUT2D eigenvalue weighted by Gasteiger charge is -2.30.